The van der Waals surface area contributed by atoms with Crippen LogP contribution in [0.3, 0.4) is 0 Å². The third-order valence-electron chi connectivity index (χ3n) is 8.17. The van der Waals surface area contributed by atoms with Gasteiger partial charge in [-0.3, -0.25) is 0 Å². The number of furan rings is 1. The minimum atomic E-state index is -3.02. The van der Waals surface area contributed by atoms with Gasteiger partial charge in [0.2, 0.25) is 0 Å². The van der Waals surface area contributed by atoms with E-state index >= 15 is 0 Å². The number of hydrogen-bond acceptors (Lipinski definition) is 3. The molecule has 5 heteroatoms. The van der Waals surface area contributed by atoms with Crippen molar-refractivity contribution in [2.24, 2.45) is 0 Å². The quantitative estimate of drug-likeness (QED) is 0.165. The Morgan fingerprint density at radius 3 is 0.977 bits per heavy atom. The number of fused-ring (bicyclic) bond motifs is 3. The maximum Gasteiger partial charge on any atom is 0.147 e. The minimum Gasteiger partial charge on any atom is -0.455 e. The largest absolute Gasteiger partial charge is 0.455 e. The van der Waals surface area contributed by atoms with Gasteiger partial charge in [-0.05, 0) is 0 Å². The zero-order valence-corrected chi connectivity index (χ0v) is 25.3. The maximum absolute atomic E-state index is 14.9. The molecule has 0 radical (unpaired) electrons. The lowest BCUT2D eigenvalue weighted by molar-refractivity contribution is 0.585. The monoisotopic (exact) mass is 596 g/mol. The van der Waals surface area contributed by atoms with E-state index in [-0.39, 0.29) is 0 Å². The van der Waals surface area contributed by atoms with Gasteiger partial charge in [0.05, 0.1) is 0 Å². The van der Waals surface area contributed by atoms with E-state index in [1.54, 1.807) is 0 Å². The smallest absolute Gasteiger partial charge is 0.147 e. The van der Waals surface area contributed by atoms with E-state index in [1.807, 2.05) is 146 Å². The summed E-state index contributed by atoms with van der Waals surface area (Å²) in [5.74, 6) is 0. The van der Waals surface area contributed by atoms with E-state index in [2.05, 4.69) is 12.1 Å². The van der Waals surface area contributed by atoms with Crippen molar-refractivity contribution in [3.8, 4) is 0 Å². The van der Waals surface area contributed by atoms with Crippen LogP contribution in [0.4, 0.5) is 0 Å². The highest BCUT2D eigenvalue weighted by Crippen LogP contribution is 2.51. The zero-order valence-electron chi connectivity index (χ0n) is 23.5. The molecule has 7 aromatic rings. The molecule has 0 fully saturated rings. The average Bonchev–Trinajstić information content (AvgIpc) is 3.47. The van der Waals surface area contributed by atoms with Crippen molar-refractivity contribution in [3.63, 3.8) is 0 Å². The van der Waals surface area contributed by atoms with Crippen LogP contribution in [0.25, 0.3) is 21.9 Å². The fourth-order valence-corrected chi connectivity index (χ4v) is 11.4. The summed E-state index contributed by atoms with van der Waals surface area (Å²) in [6.45, 7) is 0. The van der Waals surface area contributed by atoms with E-state index in [0.29, 0.717) is 12.3 Å². The third kappa shape index (κ3) is 5.00. The molecular weight excluding hydrogens is 566 g/mol. The Labute approximate surface area is 251 Å². The van der Waals surface area contributed by atoms with Crippen LogP contribution in [-0.2, 0) is 21.5 Å². The SMILES string of the molecule is O=P(Cc1cccc2c1oc1c(CP(=O)(c3ccccc3)c3ccccc3)cccc12)(c1ccccc1)c1ccccc1. The van der Waals surface area contributed by atoms with Crippen LogP contribution < -0.4 is 21.2 Å². The highest BCUT2D eigenvalue weighted by atomic mass is 31.2. The lowest BCUT2D eigenvalue weighted by Crippen LogP contribution is -2.17. The maximum atomic E-state index is 14.9. The Morgan fingerprint density at radius 1 is 0.372 bits per heavy atom. The first-order valence-electron chi connectivity index (χ1n) is 14.4. The van der Waals surface area contributed by atoms with Gasteiger partial charge >= 0.3 is 0 Å². The summed E-state index contributed by atoms with van der Waals surface area (Å²) in [7, 11) is -6.05. The van der Waals surface area contributed by atoms with Crippen molar-refractivity contribution in [2.45, 2.75) is 12.3 Å². The van der Waals surface area contributed by atoms with Crippen LogP contribution in [-0.4, -0.2) is 0 Å². The minimum absolute atomic E-state index is 0.333. The Kier molecular flexibility index (Phi) is 7.23. The molecule has 0 bridgehead atoms. The second kappa shape index (κ2) is 11.3. The fourth-order valence-electron chi connectivity index (χ4n) is 6.00. The summed E-state index contributed by atoms with van der Waals surface area (Å²) < 4.78 is 36.6. The third-order valence-corrected chi connectivity index (χ3v) is 14.3. The average molecular weight is 597 g/mol. The van der Waals surface area contributed by atoms with Gasteiger partial charge in [0.25, 0.3) is 0 Å². The first-order valence-corrected chi connectivity index (χ1v) is 18.2. The molecule has 43 heavy (non-hydrogen) atoms. The first kappa shape index (κ1) is 27.4. The van der Waals surface area contributed by atoms with Crippen molar-refractivity contribution in [1.82, 2.24) is 0 Å². The topological polar surface area (TPSA) is 47.3 Å². The van der Waals surface area contributed by atoms with Crippen molar-refractivity contribution in [1.29, 1.82) is 0 Å². The fraction of sp³-hybridized carbons (Fsp3) is 0.0526. The molecule has 7 rings (SSSR count). The lowest BCUT2D eigenvalue weighted by Gasteiger charge is -2.20. The van der Waals surface area contributed by atoms with Crippen molar-refractivity contribution in [3.05, 3.63) is 169 Å². The molecule has 0 amide bonds. The summed E-state index contributed by atoms with van der Waals surface area (Å²) in [5.41, 5.74) is 3.24. The molecule has 210 valence electrons. The Balaban J connectivity index is 1.37. The van der Waals surface area contributed by atoms with Gasteiger partial charge in [0.15, 0.2) is 0 Å². The zero-order chi connectivity index (χ0) is 29.3. The summed E-state index contributed by atoms with van der Waals surface area (Å²) in [4.78, 5) is 0. The van der Waals surface area contributed by atoms with Crippen LogP contribution in [0.15, 0.2) is 162 Å². The predicted molar refractivity (Wildman–Crippen MR) is 181 cm³/mol. The van der Waals surface area contributed by atoms with Crippen LogP contribution in [0.1, 0.15) is 11.1 Å². The molecule has 0 saturated carbocycles. The second-order valence-corrected chi connectivity index (χ2v) is 16.5. The molecule has 0 N–H and O–H groups in total. The Morgan fingerprint density at radius 2 is 0.674 bits per heavy atom. The summed E-state index contributed by atoms with van der Waals surface area (Å²) in [5, 5.41) is 5.22. The van der Waals surface area contributed by atoms with Crippen molar-refractivity contribution < 1.29 is 13.5 Å². The van der Waals surface area contributed by atoms with Crippen LogP contribution in [0, 0.1) is 0 Å². The standard InChI is InChI=1S/C38H30O3P2/c39-42(31-17-5-1-6-18-31,32-19-7-2-8-20-32)27-29-15-13-25-35-36-26-14-16-30(38(36)41-37(29)35)28-43(40,33-21-9-3-10-22-33)34-23-11-4-12-24-34/h1-26H,27-28H2. The molecule has 0 aliphatic rings. The van der Waals surface area contributed by atoms with Crippen LogP contribution >= 0.6 is 14.3 Å². The van der Waals surface area contributed by atoms with Gasteiger partial charge in [0.1, 0.15) is 25.4 Å². The number of para-hydroxylation sites is 2. The van der Waals surface area contributed by atoms with E-state index in [9.17, 15) is 9.13 Å². The van der Waals surface area contributed by atoms with E-state index in [1.165, 1.54) is 0 Å². The van der Waals surface area contributed by atoms with Gasteiger partial charge < -0.3 is 13.5 Å². The van der Waals surface area contributed by atoms with Crippen LogP contribution in [0.5, 0.6) is 0 Å². The van der Waals surface area contributed by atoms with Gasteiger partial charge in [0, 0.05) is 55.4 Å². The molecule has 0 spiro atoms. The van der Waals surface area contributed by atoms with Crippen LogP contribution in [0.2, 0.25) is 0 Å². The summed E-state index contributed by atoms with van der Waals surface area (Å²) in [6, 6.07) is 51.1. The molecule has 3 nitrogen and oxygen atoms in total. The molecule has 1 aromatic heterocycles. The number of benzene rings is 6. The predicted octanol–water partition coefficient (Wildman–Crippen LogP) is 8.61. The molecule has 0 aliphatic heterocycles. The molecule has 0 unspecified atom stereocenters. The highest BCUT2D eigenvalue weighted by molar-refractivity contribution is 7.78. The number of rotatable bonds is 8. The molecule has 0 saturated heterocycles. The normalized spacial score (nSPS) is 12.1. The molecule has 1 heterocycles. The Hall–Kier alpha value is -4.42. The van der Waals surface area contributed by atoms with Crippen molar-refractivity contribution >= 4 is 57.4 Å². The van der Waals surface area contributed by atoms with E-state index in [4.69, 9.17) is 4.42 Å². The molecule has 6 aromatic carbocycles. The highest BCUT2D eigenvalue weighted by Gasteiger charge is 2.31. The van der Waals surface area contributed by atoms with E-state index in [0.717, 1.165) is 54.3 Å². The second-order valence-electron chi connectivity index (χ2n) is 10.8. The van der Waals surface area contributed by atoms with Gasteiger partial charge in [-0.1, -0.05) is 158 Å². The van der Waals surface area contributed by atoms with Crippen molar-refractivity contribution in [2.75, 3.05) is 0 Å². The van der Waals surface area contributed by atoms with Gasteiger partial charge in [-0.15, -0.1) is 0 Å². The molecule has 0 atom stereocenters. The van der Waals surface area contributed by atoms with Gasteiger partial charge in [-0.25, -0.2) is 0 Å². The summed E-state index contributed by atoms with van der Waals surface area (Å²) >= 11 is 0. The first-order chi connectivity index (χ1) is 21.1. The Bertz CT molecular complexity index is 1880. The van der Waals surface area contributed by atoms with E-state index < -0.39 is 14.3 Å². The van der Waals surface area contributed by atoms with Gasteiger partial charge in [-0.2, -0.15) is 0 Å². The summed E-state index contributed by atoms with van der Waals surface area (Å²) in [6.07, 6.45) is 0.667. The number of hydrogen-bond donors (Lipinski definition) is 0. The molecular formula is C38H30O3P2. The lowest BCUT2D eigenvalue weighted by atomic mass is 10.1. The molecule has 0 aliphatic carbocycles.